The molecule has 0 bridgehead atoms. The Kier molecular flexibility index (Phi) is 6.06. The monoisotopic (exact) mass is 345 g/mol. The van der Waals surface area contributed by atoms with Crippen molar-refractivity contribution in [3.63, 3.8) is 0 Å². The molecular weight excluding hydrogens is 318 g/mol. The summed E-state index contributed by atoms with van der Waals surface area (Å²) in [6.07, 6.45) is 4.29. The van der Waals surface area contributed by atoms with Crippen LogP contribution in [0.2, 0.25) is 0 Å². The van der Waals surface area contributed by atoms with E-state index in [1.165, 1.54) is 27.9 Å². The lowest BCUT2D eigenvalue weighted by molar-refractivity contribution is 0.415. The molecule has 0 amide bonds. The number of methoxy groups -OCH3 is 1. The molecule has 0 aliphatic rings. The van der Waals surface area contributed by atoms with Crippen LogP contribution in [0, 0.1) is 0 Å². The van der Waals surface area contributed by atoms with Crippen molar-refractivity contribution in [1.29, 1.82) is 0 Å². The molecule has 0 N–H and O–H groups in total. The topological polar surface area (TPSA) is 22.1 Å². The summed E-state index contributed by atoms with van der Waals surface area (Å²) in [7, 11) is 1.71. The minimum absolute atomic E-state index is 0.886. The Morgan fingerprint density at radius 2 is 1.50 bits per heavy atom. The number of nitrogens with zero attached hydrogens (tertiary/aromatic N) is 1. The number of hydrogen-bond donors (Lipinski definition) is 0. The fourth-order valence-electron chi connectivity index (χ4n) is 3.38. The van der Waals surface area contributed by atoms with E-state index in [9.17, 15) is 0 Å². The summed E-state index contributed by atoms with van der Waals surface area (Å²) in [5.74, 6) is 0.886. The van der Waals surface area contributed by atoms with Crippen molar-refractivity contribution in [2.45, 2.75) is 39.5 Å². The largest absolute Gasteiger partial charge is 0.497 e. The van der Waals surface area contributed by atoms with E-state index in [-0.39, 0.29) is 0 Å². The van der Waals surface area contributed by atoms with Gasteiger partial charge in [0, 0.05) is 11.3 Å². The van der Waals surface area contributed by atoms with Gasteiger partial charge in [-0.3, -0.25) is 4.98 Å². The molecule has 0 fully saturated rings. The standard InChI is InChI=1S/C24H27NO/c1-4-9-21-22(18-13-15-20(26-3)16-14-18)17-24(25-23(21)10-5-2)19-11-7-6-8-12-19/h6-8,11-17H,4-5,9-10H2,1-3H3. The Morgan fingerprint density at radius 1 is 0.808 bits per heavy atom. The maximum Gasteiger partial charge on any atom is 0.118 e. The maximum absolute atomic E-state index is 5.33. The highest BCUT2D eigenvalue weighted by Crippen LogP contribution is 2.32. The van der Waals surface area contributed by atoms with Gasteiger partial charge < -0.3 is 4.74 Å². The first-order valence-electron chi connectivity index (χ1n) is 9.49. The summed E-state index contributed by atoms with van der Waals surface area (Å²) >= 11 is 0. The molecule has 0 unspecified atom stereocenters. The minimum atomic E-state index is 0.886. The van der Waals surface area contributed by atoms with Gasteiger partial charge in [0.05, 0.1) is 12.8 Å². The first-order chi connectivity index (χ1) is 12.8. The van der Waals surface area contributed by atoms with Crippen LogP contribution in [0.25, 0.3) is 22.4 Å². The second-order valence-electron chi connectivity index (χ2n) is 6.57. The zero-order valence-corrected chi connectivity index (χ0v) is 16.0. The number of rotatable bonds is 7. The van der Waals surface area contributed by atoms with Crippen LogP contribution < -0.4 is 4.74 Å². The van der Waals surface area contributed by atoms with Gasteiger partial charge in [0.25, 0.3) is 0 Å². The smallest absolute Gasteiger partial charge is 0.118 e. The predicted molar refractivity (Wildman–Crippen MR) is 110 cm³/mol. The molecule has 3 aromatic rings. The predicted octanol–water partition coefficient (Wildman–Crippen LogP) is 6.33. The van der Waals surface area contributed by atoms with Crippen LogP contribution >= 0.6 is 0 Å². The normalized spacial score (nSPS) is 10.7. The van der Waals surface area contributed by atoms with Crippen molar-refractivity contribution in [3.8, 4) is 28.1 Å². The van der Waals surface area contributed by atoms with E-state index in [4.69, 9.17) is 9.72 Å². The van der Waals surface area contributed by atoms with Crippen molar-refractivity contribution in [2.24, 2.45) is 0 Å². The third kappa shape index (κ3) is 3.96. The number of aromatic nitrogens is 1. The zero-order chi connectivity index (χ0) is 18.4. The third-order valence-electron chi connectivity index (χ3n) is 4.67. The van der Waals surface area contributed by atoms with E-state index in [0.717, 1.165) is 37.1 Å². The molecule has 2 aromatic carbocycles. The highest BCUT2D eigenvalue weighted by atomic mass is 16.5. The van der Waals surface area contributed by atoms with Gasteiger partial charge in [-0.15, -0.1) is 0 Å². The Labute approximate surface area is 156 Å². The summed E-state index contributed by atoms with van der Waals surface area (Å²) in [4.78, 5) is 5.05. The first kappa shape index (κ1) is 18.2. The maximum atomic E-state index is 5.33. The highest BCUT2D eigenvalue weighted by molar-refractivity contribution is 5.74. The number of benzene rings is 2. The van der Waals surface area contributed by atoms with Crippen molar-refractivity contribution in [1.82, 2.24) is 4.98 Å². The van der Waals surface area contributed by atoms with Crippen LogP contribution in [0.5, 0.6) is 5.75 Å². The van der Waals surface area contributed by atoms with Gasteiger partial charge in [0.2, 0.25) is 0 Å². The molecule has 0 saturated heterocycles. The van der Waals surface area contributed by atoms with E-state index in [0.29, 0.717) is 0 Å². The SMILES string of the molecule is CCCc1nc(-c2ccccc2)cc(-c2ccc(OC)cc2)c1CCC. The molecule has 134 valence electrons. The van der Waals surface area contributed by atoms with E-state index in [1.807, 2.05) is 18.2 Å². The van der Waals surface area contributed by atoms with Gasteiger partial charge in [-0.25, -0.2) is 0 Å². The average molecular weight is 345 g/mol. The summed E-state index contributed by atoms with van der Waals surface area (Å²) in [5.41, 5.74) is 7.38. The van der Waals surface area contributed by atoms with Gasteiger partial charge in [0.15, 0.2) is 0 Å². The van der Waals surface area contributed by atoms with Crippen LogP contribution in [-0.2, 0) is 12.8 Å². The van der Waals surface area contributed by atoms with Crippen molar-refractivity contribution in [2.75, 3.05) is 7.11 Å². The zero-order valence-electron chi connectivity index (χ0n) is 16.0. The van der Waals surface area contributed by atoms with Gasteiger partial charge >= 0.3 is 0 Å². The molecule has 0 aliphatic heterocycles. The number of pyridine rings is 1. The van der Waals surface area contributed by atoms with Gasteiger partial charge in [-0.2, -0.15) is 0 Å². The molecule has 2 heteroatoms. The lowest BCUT2D eigenvalue weighted by Crippen LogP contribution is -2.03. The van der Waals surface area contributed by atoms with Crippen LogP contribution in [-0.4, -0.2) is 12.1 Å². The minimum Gasteiger partial charge on any atom is -0.497 e. The average Bonchev–Trinajstić information content (AvgIpc) is 2.70. The lowest BCUT2D eigenvalue weighted by atomic mass is 9.92. The van der Waals surface area contributed by atoms with Crippen LogP contribution in [0.1, 0.15) is 37.9 Å². The van der Waals surface area contributed by atoms with Crippen molar-refractivity contribution in [3.05, 3.63) is 71.9 Å². The molecule has 0 atom stereocenters. The van der Waals surface area contributed by atoms with E-state index < -0.39 is 0 Å². The molecular formula is C24H27NO. The van der Waals surface area contributed by atoms with E-state index >= 15 is 0 Å². The number of aryl methyl sites for hydroxylation is 1. The number of hydrogen-bond acceptors (Lipinski definition) is 2. The quantitative estimate of drug-likeness (QED) is 0.499. The Bertz CT molecular complexity index is 838. The van der Waals surface area contributed by atoms with Gasteiger partial charge in [-0.05, 0) is 47.7 Å². The molecule has 26 heavy (non-hydrogen) atoms. The summed E-state index contributed by atoms with van der Waals surface area (Å²) < 4.78 is 5.33. The fourth-order valence-corrected chi connectivity index (χ4v) is 3.38. The third-order valence-corrected chi connectivity index (χ3v) is 4.67. The molecule has 0 saturated carbocycles. The molecule has 0 radical (unpaired) electrons. The van der Waals surface area contributed by atoms with Crippen LogP contribution in [0.4, 0.5) is 0 Å². The van der Waals surface area contributed by atoms with Crippen molar-refractivity contribution >= 4 is 0 Å². The van der Waals surface area contributed by atoms with Gasteiger partial charge in [-0.1, -0.05) is 69.2 Å². The number of ether oxygens (including phenoxy) is 1. The second-order valence-corrected chi connectivity index (χ2v) is 6.57. The summed E-state index contributed by atoms with van der Waals surface area (Å²) in [5, 5.41) is 0. The first-order valence-corrected chi connectivity index (χ1v) is 9.49. The lowest BCUT2D eigenvalue weighted by Gasteiger charge is -2.17. The van der Waals surface area contributed by atoms with Gasteiger partial charge in [0.1, 0.15) is 5.75 Å². The fraction of sp³-hybridized carbons (Fsp3) is 0.292. The molecule has 1 heterocycles. The van der Waals surface area contributed by atoms with Crippen molar-refractivity contribution < 1.29 is 4.74 Å². The molecule has 2 nitrogen and oxygen atoms in total. The second kappa shape index (κ2) is 8.66. The molecule has 3 rings (SSSR count). The Hall–Kier alpha value is -2.61. The molecule has 0 aliphatic carbocycles. The Balaban J connectivity index is 2.19. The molecule has 0 spiro atoms. The highest BCUT2D eigenvalue weighted by Gasteiger charge is 2.14. The molecule has 1 aromatic heterocycles. The van der Waals surface area contributed by atoms with Crippen LogP contribution in [0.3, 0.4) is 0 Å². The van der Waals surface area contributed by atoms with E-state index in [1.54, 1.807) is 7.11 Å². The summed E-state index contributed by atoms with van der Waals surface area (Å²) in [6, 6.07) is 21.1. The van der Waals surface area contributed by atoms with E-state index in [2.05, 4.69) is 56.3 Å². The Morgan fingerprint density at radius 3 is 2.12 bits per heavy atom. The summed E-state index contributed by atoms with van der Waals surface area (Å²) in [6.45, 7) is 4.46. The van der Waals surface area contributed by atoms with Crippen LogP contribution in [0.15, 0.2) is 60.7 Å².